The highest BCUT2D eigenvalue weighted by Crippen LogP contribution is 2.23. The van der Waals surface area contributed by atoms with Gasteiger partial charge in [0.2, 0.25) is 0 Å². The number of hydrogen-bond donors (Lipinski definition) is 0. The van der Waals surface area contributed by atoms with Crippen LogP contribution in [0.4, 0.5) is 5.69 Å². The van der Waals surface area contributed by atoms with Crippen LogP contribution >= 0.6 is 0 Å². The summed E-state index contributed by atoms with van der Waals surface area (Å²) in [5.74, 6) is 0.267. The lowest BCUT2D eigenvalue weighted by molar-refractivity contribution is -0.384. The van der Waals surface area contributed by atoms with Crippen LogP contribution in [-0.2, 0) is 6.42 Å². The van der Waals surface area contributed by atoms with Crippen LogP contribution < -0.4 is 5.56 Å². The van der Waals surface area contributed by atoms with Gasteiger partial charge in [-0.3, -0.25) is 24.5 Å². The number of hydrogen-bond acceptors (Lipinski definition) is 5. The molecule has 3 aromatic heterocycles. The third-order valence-corrected chi connectivity index (χ3v) is 5.26. The molecule has 150 valence electrons. The zero-order chi connectivity index (χ0) is 21.1. The zero-order valence-electron chi connectivity index (χ0n) is 16.4. The molecule has 0 aliphatic heterocycles. The molecular formula is C23H20N4O3. The Morgan fingerprint density at radius 1 is 1.07 bits per heavy atom. The predicted molar refractivity (Wildman–Crippen MR) is 115 cm³/mol. The molecule has 0 radical (unpaired) electrons. The van der Waals surface area contributed by atoms with Gasteiger partial charge in [-0.2, -0.15) is 0 Å². The lowest BCUT2D eigenvalue weighted by atomic mass is 9.95. The second-order valence-corrected chi connectivity index (χ2v) is 7.22. The second kappa shape index (κ2) is 8.24. The number of nitrogens with zero attached hydrogens (tertiary/aromatic N) is 4. The van der Waals surface area contributed by atoms with E-state index in [-0.39, 0.29) is 17.2 Å². The molecule has 0 saturated carbocycles. The van der Waals surface area contributed by atoms with Gasteiger partial charge >= 0.3 is 0 Å². The highest BCUT2D eigenvalue weighted by molar-refractivity contribution is 5.77. The van der Waals surface area contributed by atoms with Crippen LogP contribution in [-0.4, -0.2) is 19.5 Å². The summed E-state index contributed by atoms with van der Waals surface area (Å²) in [6.07, 6.45) is 6.52. The molecule has 4 aromatic rings. The molecule has 0 N–H and O–H groups in total. The quantitative estimate of drug-likeness (QED) is 0.353. The number of aromatic nitrogens is 3. The minimum absolute atomic E-state index is 0.0693. The molecule has 30 heavy (non-hydrogen) atoms. The molecule has 0 bridgehead atoms. The van der Waals surface area contributed by atoms with Crippen molar-refractivity contribution in [1.82, 2.24) is 14.5 Å². The molecule has 4 rings (SSSR count). The fourth-order valence-corrected chi connectivity index (χ4v) is 3.59. The van der Waals surface area contributed by atoms with E-state index in [2.05, 4.69) is 16.9 Å². The Labute approximate surface area is 172 Å². The van der Waals surface area contributed by atoms with E-state index in [1.807, 2.05) is 30.3 Å². The molecule has 1 unspecified atom stereocenters. The van der Waals surface area contributed by atoms with E-state index < -0.39 is 4.92 Å². The molecule has 7 heteroatoms. The third-order valence-electron chi connectivity index (χ3n) is 5.26. The van der Waals surface area contributed by atoms with E-state index in [9.17, 15) is 14.9 Å². The van der Waals surface area contributed by atoms with Crippen LogP contribution in [0.25, 0.3) is 16.7 Å². The van der Waals surface area contributed by atoms with Crippen molar-refractivity contribution >= 4 is 16.7 Å². The molecule has 0 saturated heterocycles. The lowest BCUT2D eigenvalue weighted by Gasteiger charge is -2.14. The first-order valence-electron chi connectivity index (χ1n) is 9.69. The third kappa shape index (κ3) is 3.82. The van der Waals surface area contributed by atoms with Crippen molar-refractivity contribution in [1.29, 1.82) is 0 Å². The SMILES string of the molecule is CC(CCc1cc2cccnc2n(-c2cccc([N+](=O)[O-])c2)c1=O)c1ccncc1. The average Bonchev–Trinajstić information content (AvgIpc) is 2.78. The monoisotopic (exact) mass is 400 g/mol. The number of fused-ring (bicyclic) bond motifs is 1. The smallest absolute Gasteiger partial charge is 0.269 e. The summed E-state index contributed by atoms with van der Waals surface area (Å²) in [5, 5.41) is 12.0. The van der Waals surface area contributed by atoms with Crippen molar-refractivity contribution in [3.8, 4) is 5.69 Å². The molecule has 0 spiro atoms. The fraction of sp³-hybridized carbons (Fsp3) is 0.174. The molecule has 0 amide bonds. The number of nitro benzene ring substituents is 1. The Morgan fingerprint density at radius 2 is 1.87 bits per heavy atom. The van der Waals surface area contributed by atoms with Crippen molar-refractivity contribution in [2.75, 3.05) is 0 Å². The molecule has 1 atom stereocenters. The molecule has 0 aliphatic carbocycles. The van der Waals surface area contributed by atoms with Gasteiger partial charge < -0.3 is 0 Å². The summed E-state index contributed by atoms with van der Waals surface area (Å²) in [7, 11) is 0. The number of pyridine rings is 3. The first kappa shape index (κ1) is 19.4. The normalized spacial score (nSPS) is 12.0. The summed E-state index contributed by atoms with van der Waals surface area (Å²) in [6, 6.07) is 15.6. The van der Waals surface area contributed by atoms with Gasteiger partial charge in [0.25, 0.3) is 11.2 Å². The summed E-state index contributed by atoms with van der Waals surface area (Å²) in [6.45, 7) is 2.12. The minimum atomic E-state index is -0.468. The highest BCUT2D eigenvalue weighted by Gasteiger charge is 2.15. The maximum atomic E-state index is 13.4. The summed E-state index contributed by atoms with van der Waals surface area (Å²) in [4.78, 5) is 32.5. The predicted octanol–water partition coefficient (Wildman–Crippen LogP) is 4.43. The maximum absolute atomic E-state index is 13.4. The van der Waals surface area contributed by atoms with Crippen molar-refractivity contribution in [2.45, 2.75) is 25.7 Å². The van der Waals surface area contributed by atoms with Gasteiger partial charge in [-0.15, -0.1) is 0 Å². The van der Waals surface area contributed by atoms with Gasteiger partial charge in [0, 0.05) is 41.7 Å². The van der Waals surface area contributed by atoms with Crippen LogP contribution in [0.5, 0.6) is 0 Å². The number of rotatable bonds is 6. The Balaban J connectivity index is 1.77. The topological polar surface area (TPSA) is 90.9 Å². The molecular weight excluding hydrogens is 380 g/mol. The van der Waals surface area contributed by atoms with Gasteiger partial charge in [-0.1, -0.05) is 13.0 Å². The number of non-ortho nitro benzene ring substituents is 1. The number of nitro groups is 1. The fourth-order valence-electron chi connectivity index (χ4n) is 3.59. The van der Waals surface area contributed by atoms with Crippen molar-refractivity contribution in [3.63, 3.8) is 0 Å². The summed E-state index contributed by atoms with van der Waals surface area (Å²) in [5.41, 5.74) is 2.47. The second-order valence-electron chi connectivity index (χ2n) is 7.22. The Morgan fingerprint density at radius 3 is 2.63 bits per heavy atom. The van der Waals surface area contributed by atoms with Gasteiger partial charge in [-0.25, -0.2) is 4.98 Å². The number of aryl methyl sites for hydroxylation is 1. The first-order chi connectivity index (χ1) is 14.5. The van der Waals surface area contributed by atoms with Crippen LogP contribution in [0.15, 0.2) is 78.0 Å². The largest absolute Gasteiger partial charge is 0.271 e. The van der Waals surface area contributed by atoms with Crippen LogP contribution in [0.3, 0.4) is 0 Å². The van der Waals surface area contributed by atoms with E-state index in [1.54, 1.807) is 30.7 Å². The van der Waals surface area contributed by atoms with Crippen LogP contribution in [0.1, 0.15) is 30.4 Å². The van der Waals surface area contributed by atoms with E-state index in [0.29, 0.717) is 23.3 Å². The summed E-state index contributed by atoms with van der Waals surface area (Å²) < 4.78 is 1.47. The van der Waals surface area contributed by atoms with Gasteiger partial charge in [0.1, 0.15) is 5.65 Å². The number of benzene rings is 1. The Kier molecular flexibility index (Phi) is 5.34. The Bertz CT molecular complexity index is 1270. The zero-order valence-corrected chi connectivity index (χ0v) is 16.4. The van der Waals surface area contributed by atoms with E-state index >= 15 is 0 Å². The first-order valence-corrected chi connectivity index (χ1v) is 9.69. The Hall–Kier alpha value is -3.87. The molecule has 1 aromatic carbocycles. The standard InChI is InChI=1S/C23H20N4O3/c1-16(17-9-12-24-13-10-17)7-8-19-14-18-4-3-11-25-22(18)26(23(19)28)20-5-2-6-21(15-20)27(29)30/h2-6,9-16H,7-8H2,1H3. The van der Waals surface area contributed by atoms with Crippen molar-refractivity contribution < 1.29 is 4.92 Å². The lowest BCUT2D eigenvalue weighted by Crippen LogP contribution is -2.23. The van der Waals surface area contributed by atoms with Crippen LogP contribution in [0, 0.1) is 10.1 Å². The van der Waals surface area contributed by atoms with Gasteiger partial charge in [0.05, 0.1) is 10.6 Å². The van der Waals surface area contributed by atoms with E-state index in [1.165, 1.54) is 22.3 Å². The van der Waals surface area contributed by atoms with Crippen LogP contribution in [0.2, 0.25) is 0 Å². The molecule has 0 aliphatic rings. The van der Waals surface area contributed by atoms with E-state index in [4.69, 9.17) is 0 Å². The average molecular weight is 400 g/mol. The van der Waals surface area contributed by atoms with Crippen molar-refractivity contribution in [3.05, 3.63) is 105 Å². The maximum Gasteiger partial charge on any atom is 0.271 e. The molecule has 3 heterocycles. The van der Waals surface area contributed by atoms with Gasteiger partial charge in [0.15, 0.2) is 0 Å². The highest BCUT2D eigenvalue weighted by atomic mass is 16.6. The van der Waals surface area contributed by atoms with Crippen molar-refractivity contribution in [2.24, 2.45) is 0 Å². The van der Waals surface area contributed by atoms with E-state index in [0.717, 1.165) is 11.8 Å². The molecule has 7 nitrogen and oxygen atoms in total. The molecule has 0 fully saturated rings. The van der Waals surface area contributed by atoms with Gasteiger partial charge in [-0.05, 0) is 60.7 Å². The minimum Gasteiger partial charge on any atom is -0.269 e. The summed E-state index contributed by atoms with van der Waals surface area (Å²) >= 11 is 0.